The zero-order chi connectivity index (χ0) is 13.2. The molecular formula is C14H20N4S. The molecule has 3 rings (SSSR count). The van der Waals surface area contributed by atoms with Crippen LogP contribution < -0.4 is 10.2 Å². The van der Waals surface area contributed by atoms with Crippen LogP contribution in [0.15, 0.2) is 11.4 Å². The second kappa shape index (κ2) is 5.33. The summed E-state index contributed by atoms with van der Waals surface area (Å²) in [6.45, 7) is 4.33. The van der Waals surface area contributed by atoms with E-state index in [0.29, 0.717) is 0 Å². The van der Waals surface area contributed by atoms with Crippen LogP contribution in [0.4, 0.5) is 11.8 Å². The van der Waals surface area contributed by atoms with Crippen LogP contribution >= 0.6 is 11.3 Å². The molecule has 0 radical (unpaired) electrons. The van der Waals surface area contributed by atoms with Gasteiger partial charge in [-0.1, -0.05) is 6.42 Å². The van der Waals surface area contributed by atoms with Gasteiger partial charge in [0.15, 0.2) is 0 Å². The van der Waals surface area contributed by atoms with Crippen molar-refractivity contribution in [3.05, 3.63) is 11.4 Å². The van der Waals surface area contributed by atoms with E-state index in [1.807, 2.05) is 7.05 Å². The van der Waals surface area contributed by atoms with Crippen LogP contribution in [0.25, 0.3) is 10.2 Å². The lowest BCUT2D eigenvalue weighted by Crippen LogP contribution is -2.33. The SMILES string of the molecule is CCN(CC1CCC1)c1nc(NC)nc2sccc12. The van der Waals surface area contributed by atoms with Gasteiger partial charge in [0.05, 0.1) is 5.39 Å². The summed E-state index contributed by atoms with van der Waals surface area (Å²) in [6.07, 6.45) is 4.13. The Morgan fingerprint density at radius 2 is 2.26 bits per heavy atom. The van der Waals surface area contributed by atoms with E-state index in [-0.39, 0.29) is 0 Å². The first kappa shape index (κ1) is 12.7. The first-order valence-electron chi connectivity index (χ1n) is 6.99. The molecule has 19 heavy (non-hydrogen) atoms. The summed E-state index contributed by atoms with van der Waals surface area (Å²) < 4.78 is 0. The number of thiophene rings is 1. The number of nitrogens with zero attached hydrogens (tertiary/aromatic N) is 3. The Morgan fingerprint density at radius 1 is 1.42 bits per heavy atom. The molecule has 2 aromatic rings. The van der Waals surface area contributed by atoms with E-state index in [4.69, 9.17) is 0 Å². The summed E-state index contributed by atoms with van der Waals surface area (Å²) in [4.78, 5) is 12.7. The fourth-order valence-electron chi connectivity index (χ4n) is 2.55. The number of fused-ring (bicyclic) bond motifs is 1. The van der Waals surface area contributed by atoms with Crippen LogP contribution in [0.3, 0.4) is 0 Å². The van der Waals surface area contributed by atoms with E-state index in [2.05, 4.69) is 38.6 Å². The lowest BCUT2D eigenvalue weighted by Gasteiger charge is -2.32. The molecule has 1 saturated carbocycles. The summed E-state index contributed by atoms with van der Waals surface area (Å²) in [7, 11) is 1.88. The molecule has 1 aliphatic rings. The molecule has 2 aromatic heterocycles. The van der Waals surface area contributed by atoms with E-state index in [0.717, 1.165) is 35.6 Å². The van der Waals surface area contributed by atoms with Gasteiger partial charge in [-0.3, -0.25) is 0 Å². The molecule has 0 aliphatic heterocycles. The number of nitrogens with one attached hydrogen (secondary N) is 1. The average Bonchev–Trinajstić information content (AvgIpc) is 2.85. The molecular weight excluding hydrogens is 256 g/mol. The highest BCUT2D eigenvalue weighted by atomic mass is 32.1. The topological polar surface area (TPSA) is 41.1 Å². The van der Waals surface area contributed by atoms with Crippen LogP contribution in [0.1, 0.15) is 26.2 Å². The van der Waals surface area contributed by atoms with E-state index in [9.17, 15) is 0 Å². The largest absolute Gasteiger partial charge is 0.357 e. The maximum absolute atomic E-state index is 4.68. The van der Waals surface area contributed by atoms with Crippen LogP contribution in [0, 0.1) is 5.92 Å². The molecule has 4 nitrogen and oxygen atoms in total. The summed E-state index contributed by atoms with van der Waals surface area (Å²) in [5.74, 6) is 2.66. The summed E-state index contributed by atoms with van der Waals surface area (Å²) >= 11 is 1.68. The predicted octanol–water partition coefficient (Wildman–Crippen LogP) is 3.36. The van der Waals surface area contributed by atoms with Crippen molar-refractivity contribution in [2.45, 2.75) is 26.2 Å². The highest BCUT2D eigenvalue weighted by Gasteiger charge is 2.22. The Labute approximate surface area is 117 Å². The smallest absolute Gasteiger partial charge is 0.225 e. The standard InChI is InChI=1S/C14H20N4S/c1-3-18(9-10-5-4-6-10)12-11-7-8-19-13(11)17-14(15-2)16-12/h7-8,10H,3-6,9H2,1-2H3,(H,15,16,17). The van der Waals surface area contributed by atoms with E-state index >= 15 is 0 Å². The van der Waals surface area contributed by atoms with Crippen molar-refractivity contribution in [3.63, 3.8) is 0 Å². The van der Waals surface area contributed by atoms with Crippen LogP contribution in [0.5, 0.6) is 0 Å². The molecule has 0 saturated heterocycles. The molecule has 0 bridgehead atoms. The van der Waals surface area contributed by atoms with Crippen molar-refractivity contribution in [1.82, 2.24) is 9.97 Å². The highest BCUT2D eigenvalue weighted by molar-refractivity contribution is 7.16. The van der Waals surface area contributed by atoms with E-state index in [1.54, 1.807) is 11.3 Å². The summed E-state index contributed by atoms with van der Waals surface area (Å²) in [5.41, 5.74) is 0. The number of anilines is 2. The number of hydrogen-bond acceptors (Lipinski definition) is 5. The van der Waals surface area contributed by atoms with Crippen molar-refractivity contribution in [1.29, 1.82) is 0 Å². The first-order chi connectivity index (χ1) is 9.31. The van der Waals surface area contributed by atoms with Gasteiger partial charge in [0.1, 0.15) is 10.6 Å². The second-order valence-electron chi connectivity index (χ2n) is 5.10. The van der Waals surface area contributed by atoms with E-state index < -0.39 is 0 Å². The molecule has 5 heteroatoms. The Morgan fingerprint density at radius 3 is 2.89 bits per heavy atom. The summed E-state index contributed by atoms with van der Waals surface area (Å²) in [5, 5.41) is 6.35. The molecule has 0 spiro atoms. The minimum atomic E-state index is 0.719. The van der Waals surface area contributed by atoms with Gasteiger partial charge in [-0.05, 0) is 37.1 Å². The van der Waals surface area contributed by atoms with Crippen LogP contribution in [-0.4, -0.2) is 30.1 Å². The predicted molar refractivity (Wildman–Crippen MR) is 82.2 cm³/mol. The van der Waals surface area contributed by atoms with Gasteiger partial charge < -0.3 is 10.2 Å². The Kier molecular flexibility index (Phi) is 3.55. The fourth-order valence-corrected chi connectivity index (χ4v) is 3.30. The molecule has 1 aliphatic carbocycles. The maximum Gasteiger partial charge on any atom is 0.225 e. The average molecular weight is 276 g/mol. The lowest BCUT2D eigenvalue weighted by atomic mass is 9.85. The van der Waals surface area contributed by atoms with Crippen molar-refractivity contribution in [2.24, 2.45) is 5.92 Å². The molecule has 0 atom stereocenters. The van der Waals surface area contributed by atoms with Gasteiger partial charge in [0, 0.05) is 20.1 Å². The van der Waals surface area contributed by atoms with Crippen molar-refractivity contribution in [3.8, 4) is 0 Å². The van der Waals surface area contributed by atoms with Crippen LogP contribution in [-0.2, 0) is 0 Å². The Bertz CT molecular complexity index is 562. The zero-order valence-electron chi connectivity index (χ0n) is 11.5. The number of hydrogen-bond donors (Lipinski definition) is 1. The lowest BCUT2D eigenvalue weighted by molar-refractivity contribution is 0.318. The van der Waals surface area contributed by atoms with Crippen molar-refractivity contribution >= 4 is 33.3 Å². The molecule has 1 fully saturated rings. The third-order valence-electron chi connectivity index (χ3n) is 3.91. The van der Waals surface area contributed by atoms with Gasteiger partial charge in [-0.25, -0.2) is 4.98 Å². The maximum atomic E-state index is 4.68. The minimum Gasteiger partial charge on any atom is -0.357 e. The molecule has 102 valence electrons. The quantitative estimate of drug-likeness (QED) is 0.909. The van der Waals surface area contributed by atoms with Gasteiger partial charge in [0.2, 0.25) is 5.95 Å². The molecule has 1 N–H and O–H groups in total. The normalized spacial score (nSPS) is 15.5. The number of rotatable bonds is 5. The summed E-state index contributed by atoms with van der Waals surface area (Å²) in [6, 6.07) is 2.14. The van der Waals surface area contributed by atoms with Gasteiger partial charge in [-0.2, -0.15) is 4.98 Å². The van der Waals surface area contributed by atoms with Gasteiger partial charge in [-0.15, -0.1) is 11.3 Å². The Balaban J connectivity index is 1.97. The van der Waals surface area contributed by atoms with Crippen LogP contribution in [0.2, 0.25) is 0 Å². The van der Waals surface area contributed by atoms with Gasteiger partial charge in [0.25, 0.3) is 0 Å². The number of aromatic nitrogens is 2. The van der Waals surface area contributed by atoms with Crippen molar-refractivity contribution < 1.29 is 0 Å². The zero-order valence-corrected chi connectivity index (χ0v) is 12.3. The Hall–Kier alpha value is -1.36. The monoisotopic (exact) mass is 276 g/mol. The third kappa shape index (κ3) is 2.39. The molecule has 2 heterocycles. The molecule has 0 amide bonds. The second-order valence-corrected chi connectivity index (χ2v) is 5.99. The molecule has 0 aromatic carbocycles. The first-order valence-corrected chi connectivity index (χ1v) is 7.87. The molecule has 0 unspecified atom stereocenters. The third-order valence-corrected chi connectivity index (χ3v) is 4.72. The van der Waals surface area contributed by atoms with Crippen molar-refractivity contribution in [2.75, 3.05) is 30.4 Å². The minimum absolute atomic E-state index is 0.719. The van der Waals surface area contributed by atoms with Gasteiger partial charge >= 0.3 is 0 Å². The van der Waals surface area contributed by atoms with E-state index in [1.165, 1.54) is 24.6 Å². The highest BCUT2D eigenvalue weighted by Crippen LogP contribution is 2.32. The fraction of sp³-hybridized carbons (Fsp3) is 0.571.